The molecule has 3 nitrogen and oxygen atoms in total. The molecule has 2 aromatic carbocycles. The fraction of sp³-hybridized carbons (Fsp3) is 0.400. The largest absolute Gasteiger partial charge is 0.352 e. The summed E-state index contributed by atoms with van der Waals surface area (Å²) >= 11 is 0. The van der Waals surface area contributed by atoms with E-state index in [1.807, 2.05) is 0 Å². The molecule has 3 heteroatoms. The normalized spacial score (nSPS) is 20.8. The lowest BCUT2D eigenvalue weighted by atomic mass is 9.85. The average molecular weight is 373 g/mol. The number of rotatable bonds is 4. The molecule has 3 aromatic rings. The van der Waals surface area contributed by atoms with E-state index < -0.39 is 0 Å². The number of nitrogens with one attached hydrogen (secondary N) is 1. The van der Waals surface area contributed by atoms with E-state index in [-0.39, 0.29) is 5.92 Å². The molecule has 0 saturated carbocycles. The number of carbonyl (C=O) groups excluding carboxylic acids is 1. The molecule has 1 N–H and O–H groups in total. The van der Waals surface area contributed by atoms with Crippen LogP contribution in [0.1, 0.15) is 46.4 Å². The molecule has 0 amide bonds. The number of piperidine rings is 1. The Bertz CT molecular complexity index is 996. The minimum atomic E-state index is 0.177. The molecular formula is C25H28N2O. The van der Waals surface area contributed by atoms with Crippen LogP contribution in [0.25, 0.3) is 10.9 Å². The van der Waals surface area contributed by atoms with Gasteiger partial charge in [0.2, 0.25) is 0 Å². The topological polar surface area (TPSA) is 36.1 Å². The number of likely N-dealkylation sites (tertiary alicyclic amines) is 1. The van der Waals surface area contributed by atoms with Crippen molar-refractivity contribution in [2.75, 3.05) is 13.1 Å². The SMILES string of the molecule is Cc1cccc2[nH]c3c(c12)CC(CC1CCN(Cc2ccccc2)CC1)C3=O. The number of hydrogen-bond donors (Lipinski definition) is 1. The Balaban J connectivity index is 1.21. The van der Waals surface area contributed by atoms with Gasteiger partial charge in [-0.3, -0.25) is 9.69 Å². The first-order valence-electron chi connectivity index (χ1n) is 10.6. The summed E-state index contributed by atoms with van der Waals surface area (Å²) in [7, 11) is 0. The molecule has 5 rings (SSSR count). The van der Waals surface area contributed by atoms with Gasteiger partial charge in [0.25, 0.3) is 0 Å². The van der Waals surface area contributed by atoms with Crippen molar-refractivity contribution < 1.29 is 4.79 Å². The van der Waals surface area contributed by atoms with Gasteiger partial charge in [-0.15, -0.1) is 0 Å². The van der Waals surface area contributed by atoms with Crippen molar-refractivity contribution in [3.63, 3.8) is 0 Å². The van der Waals surface area contributed by atoms with Gasteiger partial charge < -0.3 is 4.98 Å². The summed E-state index contributed by atoms with van der Waals surface area (Å²) in [5, 5.41) is 1.28. The summed E-state index contributed by atoms with van der Waals surface area (Å²) in [6.45, 7) is 5.49. The van der Waals surface area contributed by atoms with Gasteiger partial charge in [-0.05, 0) is 74.4 Å². The highest BCUT2D eigenvalue weighted by Crippen LogP contribution is 2.38. The zero-order valence-electron chi connectivity index (χ0n) is 16.6. The van der Waals surface area contributed by atoms with E-state index in [1.165, 1.54) is 34.9 Å². The van der Waals surface area contributed by atoms with E-state index in [1.54, 1.807) is 0 Å². The maximum absolute atomic E-state index is 13.0. The smallest absolute Gasteiger partial charge is 0.182 e. The van der Waals surface area contributed by atoms with Crippen molar-refractivity contribution in [3.05, 3.63) is 70.9 Å². The number of aromatic nitrogens is 1. The number of nitrogens with zero attached hydrogens (tertiary/aromatic N) is 1. The molecular weight excluding hydrogens is 344 g/mol. The molecule has 0 radical (unpaired) electrons. The first-order valence-corrected chi connectivity index (χ1v) is 10.6. The van der Waals surface area contributed by atoms with E-state index in [0.717, 1.165) is 43.7 Å². The minimum absolute atomic E-state index is 0.177. The molecule has 1 atom stereocenters. The van der Waals surface area contributed by atoms with Crippen molar-refractivity contribution in [2.45, 2.75) is 39.2 Å². The third-order valence-corrected chi connectivity index (χ3v) is 6.78. The summed E-state index contributed by atoms with van der Waals surface area (Å²) in [6, 6.07) is 17.0. The van der Waals surface area contributed by atoms with E-state index in [4.69, 9.17) is 0 Å². The van der Waals surface area contributed by atoms with Crippen molar-refractivity contribution in [1.82, 2.24) is 9.88 Å². The molecule has 1 aromatic heterocycles. The predicted octanol–water partition coefficient (Wildman–Crippen LogP) is 5.13. The summed E-state index contributed by atoms with van der Waals surface area (Å²) in [5.74, 6) is 1.20. The number of aromatic amines is 1. The molecule has 0 spiro atoms. The van der Waals surface area contributed by atoms with Gasteiger partial charge in [0.15, 0.2) is 5.78 Å². The van der Waals surface area contributed by atoms with Crippen LogP contribution in [0.5, 0.6) is 0 Å². The van der Waals surface area contributed by atoms with Crippen LogP contribution in [-0.4, -0.2) is 28.8 Å². The van der Waals surface area contributed by atoms with Gasteiger partial charge in [0.1, 0.15) is 0 Å². The van der Waals surface area contributed by atoms with Crippen molar-refractivity contribution in [3.8, 4) is 0 Å². The number of aryl methyl sites for hydroxylation is 1. The molecule has 1 saturated heterocycles. The van der Waals surface area contributed by atoms with Gasteiger partial charge in [-0.2, -0.15) is 0 Å². The maximum atomic E-state index is 13.0. The van der Waals surface area contributed by atoms with Crippen LogP contribution >= 0.6 is 0 Å². The first-order chi connectivity index (χ1) is 13.7. The third-order valence-electron chi connectivity index (χ3n) is 6.78. The van der Waals surface area contributed by atoms with Crippen LogP contribution in [0, 0.1) is 18.8 Å². The molecule has 2 heterocycles. The number of fused-ring (bicyclic) bond motifs is 3. The summed E-state index contributed by atoms with van der Waals surface area (Å²) in [6.07, 6.45) is 4.39. The quantitative estimate of drug-likeness (QED) is 0.689. The standard InChI is InChI=1S/C25H28N2O/c1-17-6-5-9-22-23(17)21-15-20(25(28)24(21)26-22)14-18-10-12-27(13-11-18)16-19-7-3-2-4-8-19/h2-9,18,20,26H,10-16H2,1H3. The minimum Gasteiger partial charge on any atom is -0.352 e. The molecule has 144 valence electrons. The second-order valence-electron chi connectivity index (χ2n) is 8.68. The lowest BCUT2D eigenvalue weighted by Crippen LogP contribution is -2.34. The van der Waals surface area contributed by atoms with Gasteiger partial charge in [-0.1, -0.05) is 42.5 Å². The molecule has 1 aliphatic heterocycles. The highest BCUT2D eigenvalue weighted by atomic mass is 16.1. The summed E-state index contributed by atoms with van der Waals surface area (Å²) in [4.78, 5) is 19.0. The number of hydrogen-bond acceptors (Lipinski definition) is 2. The number of ketones is 1. The van der Waals surface area contributed by atoms with Crippen LogP contribution in [0.15, 0.2) is 48.5 Å². The Labute approximate surface area is 166 Å². The first kappa shape index (κ1) is 17.7. The van der Waals surface area contributed by atoms with Crippen molar-refractivity contribution >= 4 is 16.7 Å². The van der Waals surface area contributed by atoms with Crippen LogP contribution < -0.4 is 0 Å². The zero-order chi connectivity index (χ0) is 19.1. The fourth-order valence-corrected chi connectivity index (χ4v) is 5.28. The number of carbonyl (C=O) groups is 1. The number of H-pyrrole nitrogens is 1. The van der Waals surface area contributed by atoms with Gasteiger partial charge in [0, 0.05) is 23.4 Å². The Morgan fingerprint density at radius 2 is 1.82 bits per heavy atom. The van der Waals surface area contributed by atoms with Gasteiger partial charge >= 0.3 is 0 Å². The van der Waals surface area contributed by atoms with Crippen LogP contribution in [-0.2, 0) is 13.0 Å². The highest BCUT2D eigenvalue weighted by molar-refractivity contribution is 6.07. The maximum Gasteiger partial charge on any atom is 0.182 e. The van der Waals surface area contributed by atoms with Gasteiger partial charge in [-0.25, -0.2) is 0 Å². The number of Topliss-reactive ketones (excluding diaryl/α,β-unsaturated/α-hetero) is 1. The van der Waals surface area contributed by atoms with E-state index >= 15 is 0 Å². The van der Waals surface area contributed by atoms with Crippen molar-refractivity contribution in [2.24, 2.45) is 11.8 Å². The van der Waals surface area contributed by atoms with E-state index in [2.05, 4.69) is 65.3 Å². The monoisotopic (exact) mass is 372 g/mol. The Kier molecular flexibility index (Phi) is 4.56. The molecule has 1 aliphatic carbocycles. The average Bonchev–Trinajstić information content (AvgIpc) is 3.22. The van der Waals surface area contributed by atoms with Crippen LogP contribution in [0.3, 0.4) is 0 Å². The van der Waals surface area contributed by atoms with Crippen LogP contribution in [0.2, 0.25) is 0 Å². The second kappa shape index (κ2) is 7.21. The molecule has 0 bridgehead atoms. The van der Waals surface area contributed by atoms with Crippen molar-refractivity contribution in [1.29, 1.82) is 0 Å². The lowest BCUT2D eigenvalue weighted by molar-refractivity contribution is 0.0892. The molecule has 1 fully saturated rings. The third kappa shape index (κ3) is 3.18. The summed E-state index contributed by atoms with van der Waals surface area (Å²) < 4.78 is 0. The zero-order valence-corrected chi connectivity index (χ0v) is 16.6. The Morgan fingerprint density at radius 1 is 1.04 bits per heavy atom. The predicted molar refractivity (Wildman–Crippen MR) is 114 cm³/mol. The van der Waals surface area contributed by atoms with E-state index in [0.29, 0.717) is 11.7 Å². The van der Waals surface area contributed by atoms with Crippen LogP contribution in [0.4, 0.5) is 0 Å². The fourth-order valence-electron chi connectivity index (χ4n) is 5.28. The highest BCUT2D eigenvalue weighted by Gasteiger charge is 2.36. The molecule has 28 heavy (non-hydrogen) atoms. The Hall–Kier alpha value is -2.39. The molecule has 1 unspecified atom stereocenters. The molecule has 2 aliphatic rings. The summed E-state index contributed by atoms with van der Waals surface area (Å²) in [5.41, 5.74) is 5.94. The van der Waals surface area contributed by atoms with Gasteiger partial charge in [0.05, 0.1) is 5.69 Å². The number of benzene rings is 2. The van der Waals surface area contributed by atoms with E-state index in [9.17, 15) is 4.79 Å². The lowest BCUT2D eigenvalue weighted by Gasteiger charge is -2.33. The second-order valence-corrected chi connectivity index (χ2v) is 8.68. The Morgan fingerprint density at radius 3 is 2.61 bits per heavy atom.